The molecule has 1 aliphatic heterocycles. The summed E-state index contributed by atoms with van der Waals surface area (Å²) in [5.74, 6) is 0.494. The third kappa shape index (κ3) is 4.11. The zero-order valence-corrected chi connectivity index (χ0v) is 14.2. The van der Waals surface area contributed by atoms with E-state index in [0.717, 1.165) is 36.3 Å². The van der Waals surface area contributed by atoms with Gasteiger partial charge >= 0.3 is 0 Å². The van der Waals surface area contributed by atoms with Gasteiger partial charge in [-0.25, -0.2) is 4.98 Å². The van der Waals surface area contributed by atoms with Crippen molar-refractivity contribution in [2.24, 2.45) is 0 Å². The predicted octanol–water partition coefficient (Wildman–Crippen LogP) is 2.45. The number of ether oxygens (including phenoxy) is 2. The summed E-state index contributed by atoms with van der Waals surface area (Å²) >= 11 is 5.76. The summed E-state index contributed by atoms with van der Waals surface area (Å²) in [6, 6.07) is 1.89. The number of carbonyl (C=O) groups is 1. The van der Waals surface area contributed by atoms with E-state index in [1.54, 1.807) is 12.0 Å². The van der Waals surface area contributed by atoms with Crippen molar-refractivity contribution in [3.05, 3.63) is 22.9 Å². The van der Waals surface area contributed by atoms with Crippen molar-refractivity contribution in [3.8, 4) is 5.88 Å². The standard InChI is InChI=1S/C16H23ClN2O3/c1-11-7-15(21-3)18-12(2)14(11)10-19(16(20)8-17)9-13-5-4-6-22-13/h7,13H,4-6,8-10H2,1-3H3/t13-/m1/s1. The van der Waals surface area contributed by atoms with E-state index in [9.17, 15) is 4.79 Å². The van der Waals surface area contributed by atoms with E-state index in [1.165, 1.54) is 0 Å². The second-order valence-electron chi connectivity index (χ2n) is 5.59. The zero-order valence-electron chi connectivity index (χ0n) is 13.4. The van der Waals surface area contributed by atoms with Crippen LogP contribution in [0.3, 0.4) is 0 Å². The third-order valence-electron chi connectivity index (χ3n) is 4.00. The van der Waals surface area contributed by atoms with E-state index in [4.69, 9.17) is 21.1 Å². The molecule has 0 radical (unpaired) electrons. The molecule has 6 heteroatoms. The molecule has 2 rings (SSSR count). The minimum Gasteiger partial charge on any atom is -0.481 e. The Morgan fingerprint density at radius 2 is 2.32 bits per heavy atom. The van der Waals surface area contributed by atoms with Gasteiger partial charge in [0.15, 0.2) is 0 Å². The first-order chi connectivity index (χ1) is 10.5. The van der Waals surface area contributed by atoms with Crippen LogP contribution in [0.15, 0.2) is 6.07 Å². The molecule has 0 aliphatic carbocycles. The maximum atomic E-state index is 12.1. The van der Waals surface area contributed by atoms with Gasteiger partial charge in [0.2, 0.25) is 11.8 Å². The summed E-state index contributed by atoms with van der Waals surface area (Å²) in [7, 11) is 1.60. The molecule has 1 saturated heterocycles. The van der Waals surface area contributed by atoms with Crippen LogP contribution in [0, 0.1) is 13.8 Å². The molecule has 1 fully saturated rings. The Hall–Kier alpha value is -1.33. The van der Waals surface area contributed by atoms with E-state index >= 15 is 0 Å². The second-order valence-corrected chi connectivity index (χ2v) is 5.86. The van der Waals surface area contributed by atoms with Crippen molar-refractivity contribution < 1.29 is 14.3 Å². The Morgan fingerprint density at radius 1 is 1.55 bits per heavy atom. The molecular weight excluding hydrogens is 304 g/mol. The first-order valence-electron chi connectivity index (χ1n) is 7.51. The minimum absolute atomic E-state index is 0.0194. The average molecular weight is 327 g/mol. The first-order valence-corrected chi connectivity index (χ1v) is 8.05. The van der Waals surface area contributed by atoms with E-state index in [1.807, 2.05) is 19.9 Å². The summed E-state index contributed by atoms with van der Waals surface area (Å²) < 4.78 is 10.8. The van der Waals surface area contributed by atoms with E-state index in [2.05, 4.69) is 4.98 Å². The summed E-state index contributed by atoms with van der Waals surface area (Å²) in [4.78, 5) is 18.3. The Labute approximate surface area is 136 Å². The van der Waals surface area contributed by atoms with Crippen molar-refractivity contribution in [2.75, 3.05) is 26.1 Å². The Balaban J connectivity index is 2.17. The molecule has 5 nitrogen and oxygen atoms in total. The van der Waals surface area contributed by atoms with E-state index in [-0.39, 0.29) is 17.9 Å². The van der Waals surface area contributed by atoms with E-state index in [0.29, 0.717) is 19.0 Å². The molecule has 1 aromatic heterocycles. The second kappa shape index (κ2) is 7.79. The van der Waals surface area contributed by atoms with Gasteiger partial charge < -0.3 is 14.4 Å². The Kier molecular flexibility index (Phi) is 6.03. The lowest BCUT2D eigenvalue weighted by atomic mass is 10.1. The summed E-state index contributed by atoms with van der Waals surface area (Å²) in [5.41, 5.74) is 2.97. The first kappa shape index (κ1) is 17.0. The fourth-order valence-electron chi connectivity index (χ4n) is 2.73. The summed E-state index contributed by atoms with van der Waals surface area (Å²) in [6.07, 6.45) is 2.15. The van der Waals surface area contributed by atoms with Crippen molar-refractivity contribution in [2.45, 2.75) is 39.3 Å². The van der Waals surface area contributed by atoms with Gasteiger partial charge in [0, 0.05) is 31.5 Å². The van der Waals surface area contributed by atoms with Gasteiger partial charge in [-0.2, -0.15) is 0 Å². The summed E-state index contributed by atoms with van der Waals surface area (Å²) in [5, 5.41) is 0. The lowest BCUT2D eigenvalue weighted by Crippen LogP contribution is -2.38. The highest BCUT2D eigenvalue weighted by Crippen LogP contribution is 2.21. The number of pyridine rings is 1. The maximum absolute atomic E-state index is 12.1. The van der Waals surface area contributed by atoms with Crippen LogP contribution in [-0.4, -0.2) is 48.0 Å². The quantitative estimate of drug-likeness (QED) is 0.753. The van der Waals surface area contributed by atoms with Crippen molar-refractivity contribution in [3.63, 3.8) is 0 Å². The lowest BCUT2D eigenvalue weighted by Gasteiger charge is -2.26. The molecule has 1 amide bonds. The molecular formula is C16H23ClN2O3. The highest BCUT2D eigenvalue weighted by atomic mass is 35.5. The number of alkyl halides is 1. The molecule has 2 heterocycles. The van der Waals surface area contributed by atoms with Gasteiger partial charge in [0.25, 0.3) is 0 Å². The fourth-order valence-corrected chi connectivity index (χ4v) is 2.90. The van der Waals surface area contributed by atoms with Gasteiger partial charge in [0.1, 0.15) is 5.88 Å². The van der Waals surface area contributed by atoms with Crippen LogP contribution in [0.5, 0.6) is 5.88 Å². The lowest BCUT2D eigenvalue weighted by molar-refractivity contribution is -0.130. The van der Waals surface area contributed by atoms with E-state index < -0.39 is 0 Å². The number of amides is 1. The van der Waals surface area contributed by atoms with Gasteiger partial charge in [-0.15, -0.1) is 11.6 Å². The van der Waals surface area contributed by atoms with Crippen LogP contribution in [0.2, 0.25) is 0 Å². The van der Waals surface area contributed by atoms with Crippen LogP contribution in [0.25, 0.3) is 0 Å². The number of methoxy groups -OCH3 is 1. The number of nitrogens with zero attached hydrogens (tertiary/aromatic N) is 2. The highest BCUT2D eigenvalue weighted by molar-refractivity contribution is 6.27. The van der Waals surface area contributed by atoms with Gasteiger partial charge in [-0.05, 0) is 37.8 Å². The number of rotatable bonds is 6. The van der Waals surface area contributed by atoms with Crippen LogP contribution in [-0.2, 0) is 16.1 Å². The largest absolute Gasteiger partial charge is 0.481 e. The molecule has 0 aromatic carbocycles. The Morgan fingerprint density at radius 3 is 2.86 bits per heavy atom. The number of aromatic nitrogens is 1. The monoisotopic (exact) mass is 326 g/mol. The van der Waals surface area contributed by atoms with Gasteiger partial charge in [-0.3, -0.25) is 4.79 Å². The number of hydrogen-bond donors (Lipinski definition) is 0. The molecule has 0 unspecified atom stereocenters. The van der Waals surface area contributed by atoms with Crippen LogP contribution < -0.4 is 4.74 Å². The number of hydrogen-bond acceptors (Lipinski definition) is 4. The molecule has 0 N–H and O–H groups in total. The molecule has 0 bridgehead atoms. The summed E-state index contributed by atoms with van der Waals surface area (Å²) in [6.45, 7) is 5.79. The third-order valence-corrected chi connectivity index (χ3v) is 4.23. The van der Waals surface area contributed by atoms with Gasteiger partial charge in [-0.1, -0.05) is 0 Å². The van der Waals surface area contributed by atoms with Crippen molar-refractivity contribution >= 4 is 17.5 Å². The molecule has 1 atom stereocenters. The number of carbonyl (C=O) groups excluding carboxylic acids is 1. The highest BCUT2D eigenvalue weighted by Gasteiger charge is 2.23. The molecule has 0 spiro atoms. The van der Waals surface area contributed by atoms with Crippen LogP contribution in [0.4, 0.5) is 0 Å². The number of halogens is 1. The fraction of sp³-hybridized carbons (Fsp3) is 0.625. The van der Waals surface area contributed by atoms with Crippen molar-refractivity contribution in [1.82, 2.24) is 9.88 Å². The molecule has 0 saturated carbocycles. The van der Waals surface area contributed by atoms with Crippen LogP contribution >= 0.6 is 11.6 Å². The molecule has 22 heavy (non-hydrogen) atoms. The predicted molar refractivity (Wildman–Crippen MR) is 85.4 cm³/mol. The molecule has 1 aliphatic rings. The zero-order chi connectivity index (χ0) is 16.1. The number of aryl methyl sites for hydroxylation is 2. The minimum atomic E-state index is -0.0771. The molecule has 1 aromatic rings. The molecule has 122 valence electrons. The van der Waals surface area contributed by atoms with Crippen LogP contribution in [0.1, 0.15) is 29.7 Å². The van der Waals surface area contributed by atoms with Crippen molar-refractivity contribution in [1.29, 1.82) is 0 Å². The average Bonchev–Trinajstić information content (AvgIpc) is 3.01. The smallest absolute Gasteiger partial charge is 0.237 e. The normalized spacial score (nSPS) is 17.5. The SMILES string of the molecule is COc1cc(C)c(CN(C[C@H]2CCCO2)C(=O)CCl)c(C)n1. The maximum Gasteiger partial charge on any atom is 0.237 e. The van der Waals surface area contributed by atoms with Gasteiger partial charge in [0.05, 0.1) is 13.2 Å². The topological polar surface area (TPSA) is 51.7 Å². The Bertz CT molecular complexity index is 507.